The third kappa shape index (κ3) is 5.10. The van der Waals surface area contributed by atoms with E-state index in [-0.39, 0.29) is 0 Å². The van der Waals surface area contributed by atoms with E-state index in [9.17, 15) is 0 Å². The van der Waals surface area contributed by atoms with Crippen LogP contribution in [0.15, 0.2) is 23.2 Å². The van der Waals surface area contributed by atoms with Crippen LogP contribution < -0.4 is 15.8 Å². The van der Waals surface area contributed by atoms with E-state index < -0.39 is 0 Å². The maximum absolute atomic E-state index is 6.07. The van der Waals surface area contributed by atoms with Crippen LogP contribution in [-0.2, 0) is 0 Å². The quantitative estimate of drug-likeness (QED) is 0.648. The van der Waals surface area contributed by atoms with Gasteiger partial charge in [0.15, 0.2) is 5.96 Å². The van der Waals surface area contributed by atoms with Crippen molar-refractivity contribution in [2.45, 2.75) is 19.3 Å². The summed E-state index contributed by atoms with van der Waals surface area (Å²) in [5.41, 5.74) is 6.69. The van der Waals surface area contributed by atoms with Gasteiger partial charge in [0.1, 0.15) is 5.75 Å². The van der Waals surface area contributed by atoms with E-state index in [1.807, 2.05) is 6.07 Å². The molecular formula is C15H23ClN4O. The molecule has 0 aliphatic carbocycles. The summed E-state index contributed by atoms with van der Waals surface area (Å²) in [5.74, 6) is 1.05. The number of ether oxygens (including phenoxy) is 1. The number of guanidine groups is 1. The monoisotopic (exact) mass is 310 g/mol. The zero-order valence-electron chi connectivity index (χ0n) is 12.4. The van der Waals surface area contributed by atoms with Gasteiger partial charge in [0.25, 0.3) is 0 Å². The number of benzene rings is 1. The number of anilines is 1. The van der Waals surface area contributed by atoms with Gasteiger partial charge in [0, 0.05) is 12.2 Å². The third-order valence-electron chi connectivity index (χ3n) is 3.57. The Bertz CT molecular complexity index is 487. The second kappa shape index (κ2) is 8.10. The van der Waals surface area contributed by atoms with Crippen molar-refractivity contribution in [1.29, 1.82) is 0 Å². The molecule has 1 saturated heterocycles. The van der Waals surface area contributed by atoms with Crippen LogP contribution in [-0.4, -0.2) is 44.1 Å². The number of piperidine rings is 1. The van der Waals surface area contributed by atoms with Crippen molar-refractivity contribution >= 4 is 23.2 Å². The van der Waals surface area contributed by atoms with Crippen LogP contribution in [0.4, 0.5) is 5.69 Å². The standard InChI is InChI=1S/C15H23ClN4O/c1-21-14-6-5-12(11-13(14)16)19-15(17)18-7-10-20-8-3-2-4-9-20/h5-6,11H,2-4,7-10H2,1H3,(H3,17,18,19). The predicted octanol–water partition coefficient (Wildman–Crippen LogP) is 2.56. The van der Waals surface area contributed by atoms with E-state index in [0.717, 1.165) is 12.2 Å². The first kappa shape index (κ1) is 15.9. The van der Waals surface area contributed by atoms with Gasteiger partial charge < -0.3 is 20.7 Å². The zero-order chi connectivity index (χ0) is 15.1. The van der Waals surface area contributed by atoms with Crippen LogP contribution in [0.1, 0.15) is 19.3 Å². The molecule has 1 heterocycles. The number of nitrogens with zero attached hydrogens (tertiary/aromatic N) is 2. The Balaban J connectivity index is 1.81. The molecule has 0 atom stereocenters. The highest BCUT2D eigenvalue weighted by atomic mass is 35.5. The molecule has 2 rings (SSSR count). The molecule has 1 aliphatic rings. The Morgan fingerprint density at radius 2 is 2.14 bits per heavy atom. The largest absolute Gasteiger partial charge is 0.495 e. The average molecular weight is 311 g/mol. The molecule has 1 aliphatic heterocycles. The van der Waals surface area contributed by atoms with Crippen molar-refractivity contribution in [3.05, 3.63) is 23.2 Å². The third-order valence-corrected chi connectivity index (χ3v) is 3.87. The summed E-state index contributed by atoms with van der Waals surface area (Å²) in [4.78, 5) is 6.79. The summed E-state index contributed by atoms with van der Waals surface area (Å²) in [6.07, 6.45) is 3.94. The molecule has 6 heteroatoms. The zero-order valence-corrected chi connectivity index (χ0v) is 13.2. The van der Waals surface area contributed by atoms with Crippen LogP contribution in [0.5, 0.6) is 5.75 Å². The normalized spacial score (nSPS) is 16.8. The van der Waals surface area contributed by atoms with Gasteiger partial charge in [-0.05, 0) is 44.1 Å². The van der Waals surface area contributed by atoms with E-state index in [2.05, 4.69) is 15.2 Å². The summed E-state index contributed by atoms with van der Waals surface area (Å²) in [6, 6.07) is 5.43. The Kier molecular flexibility index (Phi) is 6.14. The Hall–Kier alpha value is -1.46. The van der Waals surface area contributed by atoms with Crippen LogP contribution in [0.2, 0.25) is 5.02 Å². The van der Waals surface area contributed by atoms with Gasteiger partial charge >= 0.3 is 0 Å². The highest BCUT2D eigenvalue weighted by Gasteiger charge is 2.08. The first-order valence-electron chi connectivity index (χ1n) is 7.32. The van der Waals surface area contributed by atoms with Crippen molar-refractivity contribution in [2.24, 2.45) is 10.7 Å². The number of halogens is 1. The molecule has 0 saturated carbocycles. The van der Waals surface area contributed by atoms with Gasteiger partial charge in [-0.2, -0.15) is 0 Å². The predicted molar refractivity (Wildman–Crippen MR) is 88.4 cm³/mol. The first-order valence-corrected chi connectivity index (χ1v) is 7.69. The second-order valence-electron chi connectivity index (χ2n) is 5.14. The summed E-state index contributed by atoms with van der Waals surface area (Å²) in [5, 5.41) is 3.59. The second-order valence-corrected chi connectivity index (χ2v) is 5.55. The maximum atomic E-state index is 6.07. The number of aliphatic imine (C=N–C) groups is 1. The lowest BCUT2D eigenvalue weighted by molar-refractivity contribution is 0.235. The summed E-state index contributed by atoms with van der Waals surface area (Å²) in [6.45, 7) is 4.03. The molecule has 0 bridgehead atoms. The molecule has 116 valence electrons. The van der Waals surface area contributed by atoms with Crippen LogP contribution in [0.3, 0.4) is 0 Å². The maximum Gasteiger partial charge on any atom is 0.193 e. The minimum absolute atomic E-state index is 0.410. The lowest BCUT2D eigenvalue weighted by Gasteiger charge is -2.25. The van der Waals surface area contributed by atoms with Crippen molar-refractivity contribution in [3.63, 3.8) is 0 Å². The first-order chi connectivity index (χ1) is 10.2. The minimum Gasteiger partial charge on any atom is -0.495 e. The van der Waals surface area contributed by atoms with Gasteiger partial charge in [-0.1, -0.05) is 18.0 Å². The Labute approximate surface area is 131 Å². The van der Waals surface area contributed by atoms with Crippen LogP contribution in [0.25, 0.3) is 0 Å². The number of rotatable bonds is 5. The van der Waals surface area contributed by atoms with Crippen molar-refractivity contribution < 1.29 is 4.74 Å². The van der Waals surface area contributed by atoms with E-state index in [1.54, 1.807) is 19.2 Å². The Morgan fingerprint density at radius 3 is 2.81 bits per heavy atom. The van der Waals surface area contributed by atoms with Gasteiger partial charge in [-0.3, -0.25) is 4.99 Å². The van der Waals surface area contributed by atoms with Crippen molar-refractivity contribution in [3.8, 4) is 5.75 Å². The topological polar surface area (TPSA) is 62.9 Å². The minimum atomic E-state index is 0.410. The van der Waals surface area contributed by atoms with Crippen molar-refractivity contribution in [2.75, 3.05) is 38.6 Å². The smallest absolute Gasteiger partial charge is 0.193 e. The lowest BCUT2D eigenvalue weighted by atomic mass is 10.1. The highest BCUT2D eigenvalue weighted by Crippen LogP contribution is 2.26. The molecule has 5 nitrogen and oxygen atoms in total. The molecule has 0 aromatic heterocycles. The van der Waals surface area contributed by atoms with Crippen molar-refractivity contribution in [1.82, 2.24) is 4.90 Å². The van der Waals surface area contributed by atoms with E-state index in [1.165, 1.54) is 32.4 Å². The molecule has 0 radical (unpaired) electrons. The molecule has 1 aromatic rings. The van der Waals surface area contributed by atoms with Crippen LogP contribution in [0, 0.1) is 0 Å². The summed E-state index contributed by atoms with van der Waals surface area (Å²) >= 11 is 6.07. The summed E-state index contributed by atoms with van der Waals surface area (Å²) in [7, 11) is 1.59. The molecular weight excluding hydrogens is 288 g/mol. The van der Waals surface area contributed by atoms with E-state index in [4.69, 9.17) is 22.1 Å². The van der Waals surface area contributed by atoms with E-state index in [0.29, 0.717) is 23.3 Å². The van der Waals surface area contributed by atoms with E-state index >= 15 is 0 Å². The number of nitrogens with two attached hydrogens (primary N) is 1. The molecule has 0 unspecified atom stereocenters. The number of hydrogen-bond donors (Lipinski definition) is 2. The fourth-order valence-corrected chi connectivity index (χ4v) is 2.68. The number of nitrogens with one attached hydrogen (secondary N) is 1. The highest BCUT2D eigenvalue weighted by molar-refractivity contribution is 6.32. The Morgan fingerprint density at radius 1 is 1.38 bits per heavy atom. The van der Waals surface area contributed by atoms with Gasteiger partial charge in [0.05, 0.1) is 18.7 Å². The number of hydrogen-bond acceptors (Lipinski definition) is 3. The molecule has 0 spiro atoms. The molecule has 21 heavy (non-hydrogen) atoms. The number of likely N-dealkylation sites (tertiary alicyclic amines) is 1. The molecule has 1 fully saturated rings. The van der Waals surface area contributed by atoms with Gasteiger partial charge in [0.2, 0.25) is 0 Å². The fraction of sp³-hybridized carbons (Fsp3) is 0.533. The SMILES string of the molecule is COc1ccc(NC(N)=NCCN2CCCCC2)cc1Cl. The van der Waals surface area contributed by atoms with Crippen LogP contribution >= 0.6 is 11.6 Å². The molecule has 3 N–H and O–H groups in total. The summed E-state index contributed by atoms with van der Waals surface area (Å²) < 4.78 is 5.11. The number of methoxy groups -OCH3 is 1. The fourth-order valence-electron chi connectivity index (χ4n) is 2.43. The molecule has 1 aromatic carbocycles. The molecule has 0 amide bonds. The van der Waals surface area contributed by atoms with Gasteiger partial charge in [-0.25, -0.2) is 0 Å². The lowest BCUT2D eigenvalue weighted by Crippen LogP contribution is -2.32. The van der Waals surface area contributed by atoms with Gasteiger partial charge in [-0.15, -0.1) is 0 Å². The average Bonchev–Trinajstić information content (AvgIpc) is 2.48.